The van der Waals surface area contributed by atoms with Crippen LogP contribution in [0, 0.1) is 17.2 Å². The fraction of sp³-hybridized carbons (Fsp3) is 0.600. The summed E-state index contributed by atoms with van der Waals surface area (Å²) < 4.78 is 2.17. The molecule has 5 heterocycles. The quantitative estimate of drug-likeness (QED) is 0.396. The minimum atomic E-state index is -0.420. The van der Waals surface area contributed by atoms with Crippen molar-refractivity contribution in [3.05, 3.63) is 36.2 Å². The predicted molar refractivity (Wildman–Crippen MR) is 173 cm³/mol. The molecule has 9 nitrogen and oxygen atoms in total. The SMILES string of the molecule is CC(C)n1cnc2cc(-c3ccc4c(c3)N(C3CC(N5CCCCC5)C3)C(=O)C43CCNCC3)nc(NC3CC(C#N)C3)c21. The molecule has 3 aliphatic heterocycles. The number of hydrogen-bond acceptors (Lipinski definition) is 7. The predicted octanol–water partition coefficient (Wildman–Crippen LogP) is 5.38. The summed E-state index contributed by atoms with van der Waals surface area (Å²) in [5.41, 5.74) is 5.68. The van der Waals surface area contributed by atoms with E-state index >= 15 is 0 Å². The Labute approximate surface area is 260 Å². The van der Waals surface area contributed by atoms with Crippen LogP contribution in [0.15, 0.2) is 30.6 Å². The van der Waals surface area contributed by atoms with Crippen LogP contribution in [0.4, 0.5) is 11.5 Å². The summed E-state index contributed by atoms with van der Waals surface area (Å²) in [5.74, 6) is 1.26. The van der Waals surface area contributed by atoms with E-state index in [1.807, 2.05) is 6.33 Å². The van der Waals surface area contributed by atoms with Gasteiger partial charge in [-0.3, -0.25) is 4.79 Å². The molecule has 44 heavy (non-hydrogen) atoms. The number of carbonyl (C=O) groups is 1. The first-order valence-corrected chi connectivity index (χ1v) is 16.9. The van der Waals surface area contributed by atoms with Crippen LogP contribution in [0.25, 0.3) is 22.3 Å². The fourth-order valence-corrected chi connectivity index (χ4v) is 8.54. The van der Waals surface area contributed by atoms with Crippen LogP contribution in [-0.2, 0) is 10.2 Å². The van der Waals surface area contributed by atoms with E-state index < -0.39 is 5.41 Å². The molecular formula is C35H44N8O. The summed E-state index contributed by atoms with van der Waals surface area (Å²) in [6.07, 6.45) is 11.4. The number of pyridine rings is 1. The van der Waals surface area contributed by atoms with Crippen molar-refractivity contribution in [1.82, 2.24) is 24.8 Å². The van der Waals surface area contributed by atoms with E-state index in [-0.39, 0.29) is 24.0 Å². The first-order valence-electron chi connectivity index (χ1n) is 16.9. The Morgan fingerprint density at radius 2 is 1.82 bits per heavy atom. The first-order chi connectivity index (χ1) is 21.4. The van der Waals surface area contributed by atoms with E-state index in [1.54, 1.807) is 0 Å². The molecule has 230 valence electrons. The molecule has 0 atom stereocenters. The zero-order valence-electron chi connectivity index (χ0n) is 26.1. The molecule has 8 rings (SSSR count). The molecule has 0 radical (unpaired) electrons. The number of likely N-dealkylation sites (tertiary alicyclic amines) is 1. The standard InChI is InChI=1S/C35H44N8O/c1-22(2)42-21-38-30-19-29(40-33(32(30)42)39-25-14-23(15-25)20-36)24-6-7-28-31(16-24)43(34(44)35(28)8-10-37-11-9-35)27-17-26(18-27)41-12-4-3-5-13-41/h6-7,16,19,21-23,25-27,37H,3-5,8-15,17-18H2,1-2H3,(H,39,40). The highest BCUT2D eigenvalue weighted by Crippen LogP contribution is 2.51. The fourth-order valence-electron chi connectivity index (χ4n) is 8.54. The number of anilines is 2. The monoisotopic (exact) mass is 592 g/mol. The Balaban J connectivity index is 1.16. The number of aromatic nitrogens is 3. The molecule has 2 N–H and O–H groups in total. The van der Waals surface area contributed by atoms with Gasteiger partial charge < -0.3 is 25.0 Å². The van der Waals surface area contributed by atoms with Crippen molar-refractivity contribution in [1.29, 1.82) is 5.26 Å². The molecule has 0 bridgehead atoms. The number of benzene rings is 1. The van der Waals surface area contributed by atoms with Gasteiger partial charge in [0.2, 0.25) is 5.91 Å². The average molecular weight is 593 g/mol. The summed E-state index contributed by atoms with van der Waals surface area (Å²) >= 11 is 0. The summed E-state index contributed by atoms with van der Waals surface area (Å²) in [7, 11) is 0. The molecule has 4 fully saturated rings. The molecule has 1 amide bonds. The highest BCUT2D eigenvalue weighted by atomic mass is 16.2. The summed E-state index contributed by atoms with van der Waals surface area (Å²) in [4.78, 5) is 29.3. The highest BCUT2D eigenvalue weighted by Gasteiger charge is 2.54. The van der Waals surface area contributed by atoms with E-state index in [0.717, 1.165) is 85.4 Å². The smallest absolute Gasteiger partial charge is 0.238 e. The third kappa shape index (κ3) is 4.44. The normalized spacial score (nSPS) is 28.1. The van der Waals surface area contributed by atoms with Gasteiger partial charge >= 0.3 is 0 Å². The van der Waals surface area contributed by atoms with Crippen LogP contribution in [0.3, 0.4) is 0 Å². The lowest BCUT2D eigenvalue weighted by molar-refractivity contribution is -0.125. The molecule has 1 aromatic carbocycles. The van der Waals surface area contributed by atoms with E-state index in [1.165, 1.54) is 37.9 Å². The first kappa shape index (κ1) is 28.0. The molecular weight excluding hydrogens is 548 g/mol. The number of fused-ring (bicyclic) bond motifs is 3. The van der Waals surface area contributed by atoms with Crippen LogP contribution in [-0.4, -0.2) is 69.6 Å². The molecule has 5 aliphatic rings. The van der Waals surface area contributed by atoms with Gasteiger partial charge in [-0.25, -0.2) is 9.97 Å². The maximum atomic E-state index is 14.4. The molecule has 2 saturated heterocycles. The second kappa shape index (κ2) is 10.8. The number of carbonyl (C=O) groups excluding carboxylic acids is 1. The Morgan fingerprint density at radius 1 is 1.05 bits per heavy atom. The van der Waals surface area contributed by atoms with Gasteiger partial charge in [0, 0.05) is 35.4 Å². The number of imidazole rings is 1. The van der Waals surface area contributed by atoms with Crippen molar-refractivity contribution >= 4 is 28.4 Å². The average Bonchev–Trinajstić information content (AvgIpc) is 3.53. The molecule has 2 aliphatic carbocycles. The molecule has 1 spiro atoms. The number of rotatable bonds is 6. The highest BCUT2D eigenvalue weighted by molar-refractivity contribution is 6.09. The Hall–Kier alpha value is -3.48. The Bertz CT molecular complexity index is 1610. The van der Waals surface area contributed by atoms with Gasteiger partial charge in [-0.1, -0.05) is 18.6 Å². The minimum absolute atomic E-state index is 0.115. The van der Waals surface area contributed by atoms with Gasteiger partial charge in [-0.15, -0.1) is 0 Å². The van der Waals surface area contributed by atoms with Crippen molar-refractivity contribution in [3.63, 3.8) is 0 Å². The summed E-state index contributed by atoms with van der Waals surface area (Å²) in [6, 6.07) is 12.5. The summed E-state index contributed by atoms with van der Waals surface area (Å²) in [5, 5.41) is 16.5. The van der Waals surface area contributed by atoms with Crippen LogP contribution >= 0.6 is 0 Å². The molecule has 3 aromatic rings. The van der Waals surface area contributed by atoms with Gasteiger partial charge in [0.1, 0.15) is 5.52 Å². The maximum Gasteiger partial charge on any atom is 0.238 e. The lowest BCUT2D eigenvalue weighted by atomic mass is 9.74. The molecule has 2 saturated carbocycles. The lowest BCUT2D eigenvalue weighted by Crippen LogP contribution is -2.58. The number of amides is 1. The second-order valence-electron chi connectivity index (χ2n) is 14.2. The third-order valence-electron chi connectivity index (χ3n) is 11.3. The van der Waals surface area contributed by atoms with Crippen LogP contribution in [0.1, 0.15) is 83.2 Å². The van der Waals surface area contributed by atoms with Crippen molar-refractivity contribution < 1.29 is 4.79 Å². The third-order valence-corrected chi connectivity index (χ3v) is 11.3. The molecule has 9 heteroatoms. The number of nitrogens with one attached hydrogen (secondary N) is 2. The van der Waals surface area contributed by atoms with Crippen LogP contribution in [0.5, 0.6) is 0 Å². The zero-order chi connectivity index (χ0) is 30.0. The number of hydrogen-bond donors (Lipinski definition) is 2. The second-order valence-corrected chi connectivity index (χ2v) is 14.2. The maximum absolute atomic E-state index is 14.4. The topological polar surface area (TPSA) is 102 Å². The number of nitrogens with zero attached hydrogens (tertiary/aromatic N) is 6. The van der Waals surface area contributed by atoms with Gasteiger partial charge in [0.25, 0.3) is 0 Å². The van der Waals surface area contributed by atoms with E-state index in [9.17, 15) is 10.1 Å². The zero-order valence-corrected chi connectivity index (χ0v) is 26.1. The van der Waals surface area contributed by atoms with Crippen LogP contribution < -0.4 is 15.5 Å². The minimum Gasteiger partial charge on any atom is -0.365 e. The van der Waals surface area contributed by atoms with Crippen molar-refractivity contribution in [3.8, 4) is 17.3 Å². The summed E-state index contributed by atoms with van der Waals surface area (Å²) in [6.45, 7) is 8.48. The number of nitriles is 1. The van der Waals surface area contributed by atoms with Crippen LogP contribution in [0.2, 0.25) is 0 Å². The van der Waals surface area contributed by atoms with Gasteiger partial charge in [0.05, 0.1) is 34.9 Å². The van der Waals surface area contributed by atoms with Crippen molar-refractivity contribution in [2.24, 2.45) is 5.92 Å². The van der Waals surface area contributed by atoms with E-state index in [4.69, 9.17) is 9.97 Å². The van der Waals surface area contributed by atoms with Crippen molar-refractivity contribution in [2.75, 3.05) is 36.4 Å². The van der Waals surface area contributed by atoms with Gasteiger partial charge in [-0.05, 0) is 109 Å². The Kier molecular flexibility index (Phi) is 6.91. The van der Waals surface area contributed by atoms with E-state index in [2.05, 4.69) is 69.2 Å². The van der Waals surface area contributed by atoms with E-state index in [0.29, 0.717) is 11.9 Å². The molecule has 0 unspecified atom stereocenters. The Morgan fingerprint density at radius 3 is 2.55 bits per heavy atom. The van der Waals surface area contributed by atoms with Gasteiger partial charge in [0.15, 0.2) is 5.82 Å². The lowest BCUT2D eigenvalue weighted by Gasteiger charge is -2.48. The number of piperidine rings is 2. The van der Waals surface area contributed by atoms with Gasteiger partial charge in [-0.2, -0.15) is 5.26 Å². The van der Waals surface area contributed by atoms with Crippen molar-refractivity contribution in [2.45, 2.75) is 101 Å². The molecule has 2 aromatic heterocycles. The largest absolute Gasteiger partial charge is 0.365 e.